The molecule has 3 aromatic rings. The summed E-state index contributed by atoms with van der Waals surface area (Å²) in [5, 5.41) is 0. The van der Waals surface area contributed by atoms with E-state index in [1.54, 1.807) is 6.07 Å². The Kier molecular flexibility index (Phi) is 12.2. The third kappa shape index (κ3) is 9.91. The van der Waals surface area contributed by atoms with E-state index in [2.05, 4.69) is 23.8 Å². The largest absolute Gasteiger partial charge is 0.432 e. The predicted octanol–water partition coefficient (Wildman–Crippen LogP) is 13.0. The zero-order valence-corrected chi connectivity index (χ0v) is 27.7. The summed E-state index contributed by atoms with van der Waals surface area (Å²) in [7, 11) is 0. The van der Waals surface area contributed by atoms with Crippen LogP contribution in [-0.4, -0.2) is 12.2 Å². The van der Waals surface area contributed by atoms with Gasteiger partial charge >= 0.3 is 12.2 Å². The number of unbranched alkanes of at least 4 members (excludes halogenated alkanes) is 2. The highest BCUT2D eigenvalue weighted by molar-refractivity contribution is 5.64. The molecule has 0 spiro atoms. The summed E-state index contributed by atoms with van der Waals surface area (Å²) in [6.07, 6.45) is 1.98. The van der Waals surface area contributed by atoms with Crippen LogP contribution in [-0.2, 0) is 0 Å². The molecule has 10 heteroatoms. The van der Waals surface area contributed by atoms with Gasteiger partial charge in [-0.3, -0.25) is 0 Å². The van der Waals surface area contributed by atoms with Crippen LogP contribution < -0.4 is 9.47 Å². The van der Waals surface area contributed by atoms with Crippen LogP contribution in [0.5, 0.6) is 11.5 Å². The first kappa shape index (κ1) is 37.0. The molecule has 3 aromatic carbocycles. The van der Waals surface area contributed by atoms with Crippen LogP contribution >= 0.6 is 0 Å². The van der Waals surface area contributed by atoms with Gasteiger partial charge in [-0.1, -0.05) is 62.9 Å². The zero-order valence-electron chi connectivity index (χ0n) is 27.7. The fourth-order valence-corrected chi connectivity index (χ4v) is 7.38. The molecule has 5 rings (SSSR count). The monoisotopic (exact) mass is 696 g/mol. The summed E-state index contributed by atoms with van der Waals surface area (Å²) in [5.41, 5.74) is 2.59. The van der Waals surface area contributed by atoms with Crippen molar-refractivity contribution in [2.45, 2.75) is 115 Å². The van der Waals surface area contributed by atoms with Crippen molar-refractivity contribution in [3.63, 3.8) is 0 Å². The van der Waals surface area contributed by atoms with Crippen molar-refractivity contribution in [3.8, 4) is 22.6 Å². The van der Waals surface area contributed by atoms with Crippen LogP contribution in [0.1, 0.15) is 108 Å². The number of hydrogen-bond donors (Lipinski definition) is 0. The van der Waals surface area contributed by atoms with E-state index in [0.29, 0.717) is 23.6 Å². The zero-order chi connectivity index (χ0) is 35.2. The van der Waals surface area contributed by atoms with Gasteiger partial charge in [0.05, 0.1) is 12.3 Å². The molecule has 2 nitrogen and oxygen atoms in total. The van der Waals surface area contributed by atoms with Gasteiger partial charge in [-0.15, -0.1) is 0 Å². The highest BCUT2D eigenvalue weighted by atomic mass is 19.3. The molecular weight excluding hydrogens is 652 g/mol. The van der Waals surface area contributed by atoms with Crippen molar-refractivity contribution in [2.75, 3.05) is 0 Å². The second-order valence-electron chi connectivity index (χ2n) is 13.8. The van der Waals surface area contributed by atoms with E-state index in [0.717, 1.165) is 11.5 Å². The van der Waals surface area contributed by atoms with Gasteiger partial charge in [0.25, 0.3) is 0 Å². The summed E-state index contributed by atoms with van der Waals surface area (Å²) in [4.78, 5) is 0. The second kappa shape index (κ2) is 16.2. The first-order valence-corrected chi connectivity index (χ1v) is 17.5. The van der Waals surface area contributed by atoms with E-state index in [1.165, 1.54) is 69.1 Å². The molecule has 2 fully saturated rings. The third-order valence-corrected chi connectivity index (χ3v) is 10.3. The van der Waals surface area contributed by atoms with E-state index < -0.39 is 59.3 Å². The Morgan fingerprint density at radius 1 is 0.633 bits per heavy atom. The lowest BCUT2D eigenvalue weighted by Crippen LogP contribution is -2.37. The molecule has 0 atom stereocenters. The molecule has 0 aromatic heterocycles. The number of ether oxygens (including phenoxy) is 2. The Hall–Kier alpha value is -3.30. The minimum absolute atomic E-state index is 0.0346. The molecule has 0 unspecified atom stereocenters. The first-order chi connectivity index (χ1) is 23.3. The fraction of sp³-hybridized carbons (Fsp3) is 0.538. The van der Waals surface area contributed by atoms with Gasteiger partial charge in [0.2, 0.25) is 0 Å². The van der Waals surface area contributed by atoms with Crippen LogP contribution in [0.4, 0.5) is 35.1 Å². The summed E-state index contributed by atoms with van der Waals surface area (Å²) in [6.45, 7) is 2.22. The Balaban J connectivity index is 1.08. The van der Waals surface area contributed by atoms with Crippen molar-refractivity contribution in [1.82, 2.24) is 0 Å². The smallest absolute Gasteiger partial charge is 0.400 e. The molecule has 2 aliphatic rings. The molecule has 0 N–H and O–H groups in total. The number of halogens is 8. The minimum atomic E-state index is -3.80. The SMILES string of the molecule is CCCCCC1CCC(c2ccc(-c3ccc(OC(F)(F)CCC4CCC(C(F)(F)Oc5cc(F)c(F)c(F)c5)CC4)c(F)c3)cc2)CC1. The van der Waals surface area contributed by atoms with Gasteiger partial charge in [-0.25, -0.2) is 17.6 Å². The van der Waals surface area contributed by atoms with Crippen molar-refractivity contribution in [2.24, 2.45) is 17.8 Å². The quantitative estimate of drug-likeness (QED) is 0.0949. The lowest BCUT2D eigenvalue weighted by molar-refractivity contribution is -0.224. The fourth-order valence-electron chi connectivity index (χ4n) is 7.38. The van der Waals surface area contributed by atoms with E-state index in [4.69, 9.17) is 4.74 Å². The van der Waals surface area contributed by atoms with Crippen LogP contribution in [0.3, 0.4) is 0 Å². The molecule has 2 saturated carbocycles. The van der Waals surface area contributed by atoms with E-state index in [-0.39, 0.29) is 38.0 Å². The molecule has 0 saturated heterocycles. The van der Waals surface area contributed by atoms with Crippen LogP contribution in [0.2, 0.25) is 0 Å². The van der Waals surface area contributed by atoms with Crippen molar-refractivity contribution in [1.29, 1.82) is 0 Å². The average molecular weight is 697 g/mol. The molecule has 2 aliphatic carbocycles. The van der Waals surface area contributed by atoms with Crippen molar-refractivity contribution in [3.05, 3.63) is 83.4 Å². The second-order valence-corrected chi connectivity index (χ2v) is 13.8. The van der Waals surface area contributed by atoms with Gasteiger partial charge in [-0.05, 0) is 104 Å². The molecule has 0 aliphatic heterocycles. The van der Waals surface area contributed by atoms with Crippen LogP contribution in [0, 0.1) is 41.0 Å². The van der Waals surface area contributed by atoms with Gasteiger partial charge < -0.3 is 9.47 Å². The molecule has 0 amide bonds. The topological polar surface area (TPSA) is 18.5 Å². The standard InChI is InChI=1S/C39H44F8O2/c1-2-3-4-5-25-6-10-27(11-7-25)28-12-14-29(15-13-28)30-16-19-36(33(40)22-30)49-38(44,45)21-20-26-8-17-31(18-9-26)39(46,47)48-32-23-34(41)37(43)35(42)24-32/h12-16,19,22-27,31H,2-11,17-18,20-21H2,1H3. The highest BCUT2D eigenvalue weighted by Gasteiger charge is 2.45. The number of alkyl halides is 4. The minimum Gasteiger partial charge on any atom is -0.432 e. The van der Waals surface area contributed by atoms with Gasteiger partial charge in [0.15, 0.2) is 29.0 Å². The molecule has 0 radical (unpaired) electrons. The summed E-state index contributed by atoms with van der Waals surface area (Å²) >= 11 is 0. The van der Waals surface area contributed by atoms with Crippen LogP contribution in [0.15, 0.2) is 54.6 Å². The van der Waals surface area contributed by atoms with Crippen molar-refractivity contribution >= 4 is 0 Å². The van der Waals surface area contributed by atoms with Crippen LogP contribution in [0.25, 0.3) is 11.1 Å². The Morgan fingerprint density at radius 2 is 1.22 bits per heavy atom. The lowest BCUT2D eigenvalue weighted by Gasteiger charge is -2.33. The van der Waals surface area contributed by atoms with Gasteiger partial charge in [0, 0.05) is 12.1 Å². The first-order valence-electron chi connectivity index (χ1n) is 17.5. The number of hydrogen-bond acceptors (Lipinski definition) is 2. The summed E-state index contributed by atoms with van der Waals surface area (Å²) in [5.74, 6) is -7.72. The molecule has 49 heavy (non-hydrogen) atoms. The Morgan fingerprint density at radius 3 is 1.84 bits per heavy atom. The van der Waals surface area contributed by atoms with E-state index in [1.807, 2.05) is 12.1 Å². The average Bonchev–Trinajstić information content (AvgIpc) is 3.08. The Labute approximate surface area is 283 Å². The number of rotatable bonds is 14. The van der Waals surface area contributed by atoms with Crippen molar-refractivity contribution < 1.29 is 44.6 Å². The molecule has 268 valence electrons. The Bertz CT molecular complexity index is 1490. The molecule has 0 heterocycles. The van der Waals surface area contributed by atoms with E-state index in [9.17, 15) is 35.1 Å². The highest BCUT2D eigenvalue weighted by Crippen LogP contribution is 2.43. The summed E-state index contributed by atoms with van der Waals surface area (Å²) < 4.78 is 123. The summed E-state index contributed by atoms with van der Waals surface area (Å²) in [6, 6.07) is 12.6. The predicted molar refractivity (Wildman–Crippen MR) is 173 cm³/mol. The maximum absolute atomic E-state index is 15.0. The molecule has 0 bridgehead atoms. The lowest BCUT2D eigenvalue weighted by atomic mass is 9.77. The normalized spacial score (nSPS) is 21.8. The third-order valence-electron chi connectivity index (χ3n) is 10.3. The van der Waals surface area contributed by atoms with Gasteiger partial charge in [0.1, 0.15) is 5.75 Å². The van der Waals surface area contributed by atoms with E-state index >= 15 is 0 Å². The maximum atomic E-state index is 15.0. The maximum Gasteiger partial charge on any atom is 0.400 e. The number of benzene rings is 3. The molecular formula is C39H44F8O2. The van der Waals surface area contributed by atoms with Gasteiger partial charge in [-0.2, -0.15) is 17.6 Å².